The van der Waals surface area contributed by atoms with E-state index in [1.165, 1.54) is 5.56 Å². The lowest BCUT2D eigenvalue weighted by molar-refractivity contribution is 0.718. The number of nitriles is 1. The highest BCUT2D eigenvalue weighted by Gasteiger charge is 2.27. The first kappa shape index (κ1) is 12.5. The second-order valence-corrected chi connectivity index (χ2v) is 5.02. The summed E-state index contributed by atoms with van der Waals surface area (Å²) >= 11 is 0. The first-order chi connectivity index (χ1) is 9.79. The van der Waals surface area contributed by atoms with Crippen molar-refractivity contribution in [1.82, 2.24) is 4.98 Å². The number of hydrogen-bond donors (Lipinski definition) is 1. The van der Waals surface area contributed by atoms with Crippen LogP contribution in [-0.2, 0) is 0 Å². The van der Waals surface area contributed by atoms with Gasteiger partial charge in [-0.15, -0.1) is 0 Å². The Balaban J connectivity index is 1.95. The fourth-order valence-electron chi connectivity index (χ4n) is 2.87. The number of nitrogen functional groups attached to an aromatic ring is 1. The number of anilines is 2. The molecule has 1 aromatic heterocycles. The zero-order chi connectivity index (χ0) is 13.9. The van der Waals surface area contributed by atoms with Gasteiger partial charge in [0.2, 0.25) is 0 Å². The number of hydrogen-bond acceptors (Lipinski definition) is 4. The lowest BCUT2D eigenvalue weighted by Crippen LogP contribution is -2.23. The van der Waals surface area contributed by atoms with E-state index in [1.54, 1.807) is 6.07 Å². The Kier molecular flexibility index (Phi) is 3.26. The molecule has 1 saturated heterocycles. The number of pyridine rings is 1. The summed E-state index contributed by atoms with van der Waals surface area (Å²) in [6, 6.07) is 12.1. The fraction of sp³-hybridized carbons (Fsp3) is 0.250. The normalized spacial score (nSPS) is 17.9. The molecule has 0 bridgehead atoms. The highest BCUT2D eigenvalue weighted by molar-refractivity contribution is 5.70. The standard InChI is InChI=1S/C16H16N4/c17-11-12-3-4-16(14(18)10-12)20-9-1-2-15(20)13-5-7-19-8-6-13/h3-8,10,15H,1-2,9,18H2. The largest absolute Gasteiger partial charge is 0.397 e. The Morgan fingerprint density at radius 1 is 1.25 bits per heavy atom. The molecule has 1 aliphatic heterocycles. The van der Waals surface area contributed by atoms with E-state index >= 15 is 0 Å². The average molecular weight is 264 g/mol. The summed E-state index contributed by atoms with van der Waals surface area (Å²) in [7, 11) is 0. The molecule has 1 aromatic carbocycles. The minimum atomic E-state index is 0.341. The minimum absolute atomic E-state index is 0.341. The molecule has 100 valence electrons. The molecule has 1 atom stereocenters. The molecule has 4 heteroatoms. The van der Waals surface area contributed by atoms with Crippen LogP contribution in [0, 0.1) is 11.3 Å². The molecule has 0 spiro atoms. The highest BCUT2D eigenvalue weighted by atomic mass is 15.2. The van der Waals surface area contributed by atoms with Crippen LogP contribution in [0.1, 0.15) is 30.0 Å². The zero-order valence-electron chi connectivity index (χ0n) is 11.2. The quantitative estimate of drug-likeness (QED) is 0.847. The van der Waals surface area contributed by atoms with Crippen LogP contribution in [0.15, 0.2) is 42.7 Å². The zero-order valence-corrected chi connectivity index (χ0v) is 11.2. The van der Waals surface area contributed by atoms with Crippen molar-refractivity contribution in [1.29, 1.82) is 5.26 Å². The van der Waals surface area contributed by atoms with E-state index in [0.717, 1.165) is 25.1 Å². The molecule has 0 saturated carbocycles. The van der Waals surface area contributed by atoms with Crippen LogP contribution < -0.4 is 10.6 Å². The maximum absolute atomic E-state index is 8.92. The van der Waals surface area contributed by atoms with Crippen molar-refractivity contribution in [3.8, 4) is 6.07 Å². The maximum atomic E-state index is 8.92. The number of nitrogens with two attached hydrogens (primary N) is 1. The number of aromatic nitrogens is 1. The molecule has 1 fully saturated rings. The molecule has 0 radical (unpaired) electrons. The van der Waals surface area contributed by atoms with Gasteiger partial charge in [0.05, 0.1) is 29.0 Å². The van der Waals surface area contributed by atoms with Crippen LogP contribution in [0.5, 0.6) is 0 Å². The van der Waals surface area contributed by atoms with Gasteiger partial charge >= 0.3 is 0 Å². The molecule has 0 amide bonds. The topological polar surface area (TPSA) is 65.9 Å². The summed E-state index contributed by atoms with van der Waals surface area (Å²) in [5.41, 5.74) is 9.67. The van der Waals surface area contributed by atoms with Crippen molar-refractivity contribution in [2.45, 2.75) is 18.9 Å². The summed E-state index contributed by atoms with van der Waals surface area (Å²) in [5.74, 6) is 0. The minimum Gasteiger partial charge on any atom is -0.397 e. The van der Waals surface area contributed by atoms with E-state index in [4.69, 9.17) is 11.0 Å². The third-order valence-corrected chi connectivity index (χ3v) is 3.81. The van der Waals surface area contributed by atoms with Gasteiger partial charge < -0.3 is 10.6 Å². The van der Waals surface area contributed by atoms with Gasteiger partial charge in [-0.25, -0.2) is 0 Å². The van der Waals surface area contributed by atoms with E-state index in [-0.39, 0.29) is 0 Å². The van der Waals surface area contributed by atoms with Crippen molar-refractivity contribution >= 4 is 11.4 Å². The van der Waals surface area contributed by atoms with Crippen molar-refractivity contribution in [2.75, 3.05) is 17.2 Å². The van der Waals surface area contributed by atoms with E-state index in [9.17, 15) is 0 Å². The molecular weight excluding hydrogens is 248 g/mol. The molecule has 0 aliphatic carbocycles. The van der Waals surface area contributed by atoms with E-state index < -0.39 is 0 Å². The van der Waals surface area contributed by atoms with Crippen LogP contribution in [0.4, 0.5) is 11.4 Å². The van der Waals surface area contributed by atoms with Gasteiger partial charge in [-0.2, -0.15) is 5.26 Å². The number of nitrogens with zero attached hydrogens (tertiary/aromatic N) is 3. The molecule has 2 N–H and O–H groups in total. The van der Waals surface area contributed by atoms with Gasteiger partial charge in [-0.05, 0) is 48.7 Å². The van der Waals surface area contributed by atoms with Crippen LogP contribution in [0.25, 0.3) is 0 Å². The van der Waals surface area contributed by atoms with E-state index in [1.807, 2.05) is 24.5 Å². The average Bonchev–Trinajstić information content (AvgIpc) is 2.97. The van der Waals surface area contributed by atoms with Gasteiger partial charge in [0, 0.05) is 18.9 Å². The molecule has 3 rings (SSSR count). The predicted molar refractivity (Wildman–Crippen MR) is 79.1 cm³/mol. The lowest BCUT2D eigenvalue weighted by Gasteiger charge is -2.28. The van der Waals surface area contributed by atoms with Gasteiger partial charge in [-0.1, -0.05) is 0 Å². The van der Waals surface area contributed by atoms with Crippen LogP contribution in [0.3, 0.4) is 0 Å². The Bertz CT molecular complexity index is 645. The SMILES string of the molecule is N#Cc1ccc(N2CCCC2c2ccncc2)c(N)c1. The summed E-state index contributed by atoms with van der Waals surface area (Å²) in [5, 5.41) is 8.92. The molecule has 1 aliphatic rings. The summed E-state index contributed by atoms with van der Waals surface area (Å²) in [4.78, 5) is 6.40. The van der Waals surface area contributed by atoms with Gasteiger partial charge in [0.15, 0.2) is 0 Å². The van der Waals surface area contributed by atoms with Gasteiger partial charge in [0.1, 0.15) is 0 Å². The number of rotatable bonds is 2. The first-order valence-corrected chi connectivity index (χ1v) is 6.76. The first-order valence-electron chi connectivity index (χ1n) is 6.76. The third-order valence-electron chi connectivity index (χ3n) is 3.81. The van der Waals surface area contributed by atoms with Crippen LogP contribution >= 0.6 is 0 Å². The molecular formula is C16H16N4. The fourth-order valence-corrected chi connectivity index (χ4v) is 2.87. The van der Waals surface area contributed by atoms with Crippen LogP contribution in [0.2, 0.25) is 0 Å². The van der Waals surface area contributed by atoms with Crippen molar-refractivity contribution in [3.63, 3.8) is 0 Å². The van der Waals surface area contributed by atoms with Gasteiger partial charge in [-0.3, -0.25) is 4.98 Å². The smallest absolute Gasteiger partial charge is 0.0992 e. The Morgan fingerprint density at radius 3 is 2.75 bits per heavy atom. The van der Waals surface area contributed by atoms with E-state index in [2.05, 4.69) is 28.1 Å². The van der Waals surface area contributed by atoms with E-state index in [0.29, 0.717) is 17.3 Å². The van der Waals surface area contributed by atoms with Crippen molar-refractivity contribution in [3.05, 3.63) is 53.9 Å². The molecule has 2 aromatic rings. The van der Waals surface area contributed by atoms with Crippen molar-refractivity contribution in [2.24, 2.45) is 0 Å². The maximum Gasteiger partial charge on any atom is 0.0992 e. The molecule has 4 nitrogen and oxygen atoms in total. The summed E-state index contributed by atoms with van der Waals surface area (Å²) in [6.45, 7) is 0.989. The Labute approximate surface area is 118 Å². The lowest BCUT2D eigenvalue weighted by atomic mass is 10.1. The summed E-state index contributed by atoms with van der Waals surface area (Å²) < 4.78 is 0. The molecule has 2 heterocycles. The van der Waals surface area contributed by atoms with Crippen molar-refractivity contribution < 1.29 is 0 Å². The second kappa shape index (κ2) is 5.22. The Hall–Kier alpha value is -2.54. The third kappa shape index (κ3) is 2.19. The van der Waals surface area contributed by atoms with Crippen LogP contribution in [-0.4, -0.2) is 11.5 Å². The summed E-state index contributed by atoms with van der Waals surface area (Å²) in [6.07, 6.45) is 5.91. The van der Waals surface area contributed by atoms with Gasteiger partial charge in [0.25, 0.3) is 0 Å². The monoisotopic (exact) mass is 264 g/mol. The predicted octanol–water partition coefficient (Wildman–Crippen LogP) is 2.88. The highest BCUT2D eigenvalue weighted by Crippen LogP contribution is 2.38. The molecule has 20 heavy (non-hydrogen) atoms. The molecule has 1 unspecified atom stereocenters. The Morgan fingerprint density at radius 2 is 2.05 bits per heavy atom. The second-order valence-electron chi connectivity index (χ2n) is 5.02. The number of benzene rings is 1.